The van der Waals surface area contributed by atoms with Crippen LogP contribution in [-0.4, -0.2) is 22.4 Å². The number of carboxylic acid groups (broad SMARTS) is 1. The second kappa shape index (κ2) is 2.81. The summed E-state index contributed by atoms with van der Waals surface area (Å²) in [5.74, 6) is -3.86. The smallest absolute Gasteiger partial charge is 0.449 e. The molecule has 0 unspecified atom stereocenters. The summed E-state index contributed by atoms with van der Waals surface area (Å²) in [6.45, 7) is 0.672. The molecule has 0 aliphatic carbocycles. The maximum Gasteiger partial charge on any atom is 0.449 e. The number of aliphatic carboxylic acids is 1. The lowest BCUT2D eigenvalue weighted by molar-refractivity contribution is -0.137. The molecular formula is C5H5F3O3. The van der Waals surface area contributed by atoms with Crippen molar-refractivity contribution in [1.29, 1.82) is 0 Å². The number of rotatable bonds is 1. The van der Waals surface area contributed by atoms with Crippen molar-refractivity contribution in [3.05, 3.63) is 11.3 Å². The molecule has 2 N–H and O–H groups in total. The third-order valence-electron chi connectivity index (χ3n) is 0.945. The summed E-state index contributed by atoms with van der Waals surface area (Å²) >= 11 is 0. The average molecular weight is 170 g/mol. The normalized spacial score (nSPS) is 14.2. The van der Waals surface area contributed by atoms with Gasteiger partial charge in [-0.3, -0.25) is 0 Å². The van der Waals surface area contributed by atoms with E-state index in [0.717, 1.165) is 0 Å². The van der Waals surface area contributed by atoms with E-state index in [2.05, 4.69) is 0 Å². The molecule has 0 radical (unpaired) electrons. The zero-order valence-corrected chi connectivity index (χ0v) is 5.44. The number of carboxylic acids is 1. The van der Waals surface area contributed by atoms with Gasteiger partial charge >= 0.3 is 12.1 Å². The fourth-order valence-electron chi connectivity index (χ4n) is 0.314. The van der Waals surface area contributed by atoms with Crippen LogP contribution in [0.3, 0.4) is 0 Å². The van der Waals surface area contributed by atoms with Crippen LogP contribution < -0.4 is 0 Å². The first-order valence-electron chi connectivity index (χ1n) is 2.47. The number of alkyl halides is 3. The molecule has 0 bridgehead atoms. The largest absolute Gasteiger partial charge is 0.504 e. The van der Waals surface area contributed by atoms with E-state index >= 15 is 0 Å². The van der Waals surface area contributed by atoms with Crippen LogP contribution in [0.5, 0.6) is 0 Å². The highest BCUT2D eigenvalue weighted by Crippen LogP contribution is 2.25. The quantitative estimate of drug-likeness (QED) is 0.462. The number of allylic oxidation sites excluding steroid dienone is 1. The highest BCUT2D eigenvalue weighted by atomic mass is 19.4. The summed E-state index contributed by atoms with van der Waals surface area (Å²) in [4.78, 5) is 9.87. The van der Waals surface area contributed by atoms with E-state index in [9.17, 15) is 18.0 Å². The van der Waals surface area contributed by atoms with Crippen molar-refractivity contribution in [3.63, 3.8) is 0 Å². The van der Waals surface area contributed by atoms with Gasteiger partial charge in [0.05, 0.1) is 5.57 Å². The van der Waals surface area contributed by atoms with Gasteiger partial charge in [-0.2, -0.15) is 13.2 Å². The zero-order chi connectivity index (χ0) is 9.23. The molecule has 11 heavy (non-hydrogen) atoms. The molecular weight excluding hydrogens is 165 g/mol. The van der Waals surface area contributed by atoms with E-state index in [0.29, 0.717) is 6.92 Å². The minimum atomic E-state index is -4.98. The number of hydrogen-bond acceptors (Lipinski definition) is 2. The molecule has 0 saturated heterocycles. The zero-order valence-electron chi connectivity index (χ0n) is 5.44. The summed E-state index contributed by atoms with van der Waals surface area (Å²) in [5.41, 5.74) is -1.11. The molecule has 6 heteroatoms. The summed E-state index contributed by atoms with van der Waals surface area (Å²) in [7, 11) is 0. The van der Waals surface area contributed by atoms with Gasteiger partial charge in [-0.1, -0.05) is 0 Å². The van der Waals surface area contributed by atoms with Crippen LogP contribution in [-0.2, 0) is 4.79 Å². The van der Waals surface area contributed by atoms with Gasteiger partial charge in [0, 0.05) is 0 Å². The van der Waals surface area contributed by atoms with Gasteiger partial charge in [0.15, 0.2) is 0 Å². The molecule has 0 aliphatic heterocycles. The van der Waals surface area contributed by atoms with E-state index < -0.39 is 23.5 Å². The van der Waals surface area contributed by atoms with Crippen molar-refractivity contribution >= 4 is 5.97 Å². The molecule has 0 fully saturated rings. The Bertz CT molecular complexity index is 204. The molecule has 0 aliphatic rings. The van der Waals surface area contributed by atoms with Gasteiger partial charge in [-0.05, 0) is 6.92 Å². The molecule has 0 atom stereocenters. The predicted octanol–water partition coefficient (Wildman–Crippen LogP) is 1.47. The Balaban J connectivity index is 4.82. The van der Waals surface area contributed by atoms with Crippen LogP contribution in [0.2, 0.25) is 0 Å². The molecule has 0 rings (SSSR count). The Morgan fingerprint density at radius 1 is 1.27 bits per heavy atom. The molecule has 0 spiro atoms. The predicted molar refractivity (Wildman–Crippen MR) is 29.0 cm³/mol. The Kier molecular flexibility index (Phi) is 2.50. The first kappa shape index (κ1) is 9.80. The van der Waals surface area contributed by atoms with E-state index in [4.69, 9.17) is 10.2 Å². The van der Waals surface area contributed by atoms with E-state index in [1.54, 1.807) is 0 Å². The maximum absolute atomic E-state index is 11.5. The monoisotopic (exact) mass is 170 g/mol. The molecule has 0 amide bonds. The topological polar surface area (TPSA) is 57.5 Å². The standard InChI is InChI=1S/C5H5F3O3/c1-2(4(10)11)3(9)5(6,7)8/h9H,1H3,(H,10,11). The highest BCUT2D eigenvalue weighted by Gasteiger charge is 2.37. The van der Waals surface area contributed by atoms with Gasteiger partial charge in [0.25, 0.3) is 0 Å². The van der Waals surface area contributed by atoms with Crippen molar-refractivity contribution in [2.24, 2.45) is 0 Å². The molecule has 0 aromatic carbocycles. The first-order chi connectivity index (χ1) is 4.76. The Labute approximate surface area is 59.8 Å². The first-order valence-corrected chi connectivity index (χ1v) is 2.47. The number of carbonyl (C=O) groups is 1. The van der Waals surface area contributed by atoms with Crippen LogP contribution in [0.1, 0.15) is 6.92 Å². The van der Waals surface area contributed by atoms with E-state index in [1.807, 2.05) is 0 Å². The number of aliphatic hydroxyl groups excluding tert-OH is 1. The second-order valence-corrected chi connectivity index (χ2v) is 1.78. The van der Waals surface area contributed by atoms with E-state index in [1.165, 1.54) is 0 Å². The Hall–Kier alpha value is -1.20. The van der Waals surface area contributed by atoms with Crippen molar-refractivity contribution in [3.8, 4) is 0 Å². The number of halogens is 3. The van der Waals surface area contributed by atoms with Gasteiger partial charge in [-0.15, -0.1) is 0 Å². The molecule has 3 nitrogen and oxygen atoms in total. The van der Waals surface area contributed by atoms with Crippen molar-refractivity contribution in [2.75, 3.05) is 0 Å². The van der Waals surface area contributed by atoms with Crippen molar-refractivity contribution in [1.82, 2.24) is 0 Å². The van der Waals surface area contributed by atoms with Crippen molar-refractivity contribution in [2.45, 2.75) is 13.1 Å². The summed E-state index contributed by atoms with van der Waals surface area (Å²) < 4.78 is 34.5. The third kappa shape index (κ3) is 2.48. The van der Waals surface area contributed by atoms with Gasteiger partial charge in [0.2, 0.25) is 5.76 Å². The lowest BCUT2D eigenvalue weighted by Gasteiger charge is -2.05. The Morgan fingerprint density at radius 3 is 1.73 bits per heavy atom. The highest BCUT2D eigenvalue weighted by molar-refractivity contribution is 5.86. The maximum atomic E-state index is 11.5. The van der Waals surface area contributed by atoms with Crippen molar-refractivity contribution < 1.29 is 28.2 Å². The number of hydrogen-bond donors (Lipinski definition) is 2. The fourth-order valence-corrected chi connectivity index (χ4v) is 0.314. The molecule has 64 valence electrons. The van der Waals surface area contributed by atoms with Crippen LogP contribution in [0.15, 0.2) is 11.3 Å². The summed E-state index contributed by atoms with van der Waals surface area (Å²) in [5, 5.41) is 16.2. The van der Waals surface area contributed by atoms with Crippen LogP contribution >= 0.6 is 0 Å². The van der Waals surface area contributed by atoms with Gasteiger partial charge < -0.3 is 10.2 Å². The average Bonchev–Trinajstić information content (AvgIpc) is 1.82. The molecule has 0 aromatic rings. The third-order valence-corrected chi connectivity index (χ3v) is 0.945. The molecule has 0 heterocycles. The fraction of sp³-hybridized carbons (Fsp3) is 0.400. The van der Waals surface area contributed by atoms with Crippen LogP contribution in [0.25, 0.3) is 0 Å². The van der Waals surface area contributed by atoms with Gasteiger partial charge in [0.1, 0.15) is 0 Å². The second-order valence-electron chi connectivity index (χ2n) is 1.78. The minimum Gasteiger partial charge on any atom is -0.504 e. The Morgan fingerprint density at radius 2 is 1.64 bits per heavy atom. The van der Waals surface area contributed by atoms with Crippen LogP contribution in [0, 0.1) is 0 Å². The molecule has 0 saturated carbocycles. The lowest BCUT2D eigenvalue weighted by Crippen LogP contribution is -2.16. The molecule has 0 aromatic heterocycles. The van der Waals surface area contributed by atoms with Gasteiger partial charge in [-0.25, -0.2) is 4.79 Å². The summed E-state index contributed by atoms with van der Waals surface area (Å²) in [6, 6.07) is 0. The minimum absolute atomic E-state index is 0.672. The SMILES string of the molecule is CC(C(=O)O)=C(O)C(F)(F)F. The van der Waals surface area contributed by atoms with Crippen LogP contribution in [0.4, 0.5) is 13.2 Å². The summed E-state index contributed by atoms with van der Waals surface area (Å²) in [6.07, 6.45) is -4.98. The van der Waals surface area contributed by atoms with E-state index in [-0.39, 0.29) is 0 Å². The lowest BCUT2D eigenvalue weighted by atomic mass is 10.2. The number of aliphatic hydroxyl groups is 1.